The zero-order chi connectivity index (χ0) is 29.3. The Morgan fingerprint density at radius 2 is 1.85 bits per heavy atom. The summed E-state index contributed by atoms with van der Waals surface area (Å²) in [6, 6.07) is 11.5. The predicted octanol–water partition coefficient (Wildman–Crippen LogP) is 6.68. The standard InChI is InChI=1S/C27H29F3N4O4.C2H6/c1-19-17-33(18-31-19)23-11-9-20(15-24(23)36-4)10-12-25-32-38-26(2,34(25)13-6-14-35-3)21-7-5-8-22(16-21)37-27(28,29)30;1-2/h5,7-12,15-18H,6,13-14H2,1-4H3;1-2H3/b12-10+;. The second-order valence-electron chi connectivity index (χ2n) is 8.78. The van der Waals surface area contributed by atoms with Crippen molar-refractivity contribution >= 4 is 11.9 Å². The van der Waals surface area contributed by atoms with Crippen LogP contribution in [-0.2, 0) is 15.3 Å². The summed E-state index contributed by atoms with van der Waals surface area (Å²) in [5.74, 6) is 0.845. The quantitative estimate of drug-likeness (QED) is 0.258. The Morgan fingerprint density at radius 1 is 1.07 bits per heavy atom. The Bertz CT molecular complexity index is 1320. The highest BCUT2D eigenvalue weighted by Gasteiger charge is 2.43. The summed E-state index contributed by atoms with van der Waals surface area (Å²) < 4.78 is 55.2. The second-order valence-corrected chi connectivity index (χ2v) is 8.78. The van der Waals surface area contributed by atoms with Crippen LogP contribution in [0.5, 0.6) is 11.5 Å². The SMILES string of the molecule is CC.COCCCN1C(/C=C/c2ccc(-n3cnc(C)c3)c(OC)c2)=NOC1(C)c1cccc(OC(F)(F)F)c1. The van der Waals surface area contributed by atoms with Gasteiger partial charge in [-0.2, -0.15) is 0 Å². The van der Waals surface area contributed by atoms with E-state index in [-0.39, 0.29) is 5.75 Å². The molecule has 1 unspecified atom stereocenters. The van der Waals surface area contributed by atoms with Gasteiger partial charge in [-0.05, 0) is 49.2 Å². The number of amidine groups is 1. The molecule has 0 spiro atoms. The van der Waals surface area contributed by atoms with Gasteiger partial charge in [0.25, 0.3) is 0 Å². The van der Waals surface area contributed by atoms with Gasteiger partial charge in [0, 0.05) is 38.9 Å². The Labute approximate surface area is 232 Å². The number of alkyl halides is 3. The lowest BCUT2D eigenvalue weighted by molar-refractivity contribution is -0.274. The minimum Gasteiger partial charge on any atom is -0.495 e. The van der Waals surface area contributed by atoms with Gasteiger partial charge in [0.05, 0.1) is 24.8 Å². The number of nitrogens with zero attached hydrogens (tertiary/aromatic N) is 4. The summed E-state index contributed by atoms with van der Waals surface area (Å²) in [4.78, 5) is 12.0. The largest absolute Gasteiger partial charge is 0.573 e. The van der Waals surface area contributed by atoms with Crippen molar-refractivity contribution in [1.82, 2.24) is 14.5 Å². The molecule has 0 saturated heterocycles. The van der Waals surface area contributed by atoms with Crippen molar-refractivity contribution in [2.24, 2.45) is 5.16 Å². The van der Waals surface area contributed by atoms with E-state index in [1.54, 1.807) is 39.6 Å². The summed E-state index contributed by atoms with van der Waals surface area (Å²) in [6.07, 6.45) is 3.14. The molecule has 1 aromatic heterocycles. The maximum atomic E-state index is 12.8. The number of rotatable bonds is 10. The Balaban J connectivity index is 0.00000216. The van der Waals surface area contributed by atoms with Gasteiger partial charge in [0.1, 0.15) is 11.5 Å². The van der Waals surface area contributed by atoms with Gasteiger partial charge in [0.15, 0.2) is 5.84 Å². The van der Waals surface area contributed by atoms with Gasteiger partial charge >= 0.3 is 6.36 Å². The molecule has 2 heterocycles. The number of ether oxygens (including phenoxy) is 3. The molecule has 1 atom stereocenters. The molecule has 8 nitrogen and oxygen atoms in total. The summed E-state index contributed by atoms with van der Waals surface area (Å²) in [6.45, 7) is 8.64. The maximum absolute atomic E-state index is 12.8. The summed E-state index contributed by atoms with van der Waals surface area (Å²) in [7, 11) is 3.21. The van der Waals surface area contributed by atoms with Crippen molar-refractivity contribution < 1.29 is 32.2 Å². The van der Waals surface area contributed by atoms with Crippen LogP contribution in [0, 0.1) is 6.92 Å². The third-order valence-electron chi connectivity index (χ3n) is 6.06. The smallest absolute Gasteiger partial charge is 0.495 e. The lowest BCUT2D eigenvalue weighted by Gasteiger charge is -2.34. The van der Waals surface area contributed by atoms with Gasteiger partial charge in [-0.15, -0.1) is 13.2 Å². The van der Waals surface area contributed by atoms with Crippen LogP contribution in [0.2, 0.25) is 0 Å². The molecular weight excluding hydrogens is 525 g/mol. The summed E-state index contributed by atoms with van der Waals surface area (Å²) in [5, 5.41) is 4.26. The van der Waals surface area contributed by atoms with E-state index < -0.39 is 12.1 Å². The molecule has 216 valence electrons. The van der Waals surface area contributed by atoms with Crippen LogP contribution >= 0.6 is 0 Å². The van der Waals surface area contributed by atoms with E-state index in [1.807, 2.05) is 60.7 Å². The molecule has 11 heteroatoms. The van der Waals surface area contributed by atoms with E-state index in [0.717, 1.165) is 16.9 Å². The van der Waals surface area contributed by atoms with Crippen molar-refractivity contribution in [3.05, 3.63) is 77.9 Å². The Kier molecular flexibility index (Phi) is 10.2. The molecule has 0 amide bonds. The number of hydrogen-bond acceptors (Lipinski definition) is 7. The molecule has 1 aliphatic rings. The molecule has 0 saturated carbocycles. The monoisotopic (exact) mass is 560 g/mol. The average molecular weight is 561 g/mol. The normalized spacial score (nSPS) is 16.8. The predicted molar refractivity (Wildman–Crippen MR) is 147 cm³/mol. The average Bonchev–Trinajstić information content (AvgIpc) is 3.51. The number of halogens is 3. The van der Waals surface area contributed by atoms with Gasteiger partial charge in [-0.25, -0.2) is 4.98 Å². The molecule has 0 bridgehead atoms. The van der Waals surface area contributed by atoms with Crippen LogP contribution in [0.25, 0.3) is 11.8 Å². The van der Waals surface area contributed by atoms with Crippen molar-refractivity contribution in [1.29, 1.82) is 0 Å². The van der Waals surface area contributed by atoms with Crippen LogP contribution in [0.15, 0.2) is 66.2 Å². The number of hydrogen-bond donors (Lipinski definition) is 0. The fourth-order valence-electron chi connectivity index (χ4n) is 4.19. The van der Waals surface area contributed by atoms with Crippen LogP contribution in [0.1, 0.15) is 44.0 Å². The third-order valence-corrected chi connectivity index (χ3v) is 6.06. The fraction of sp³-hybridized carbons (Fsp3) is 0.379. The number of methoxy groups -OCH3 is 2. The van der Waals surface area contributed by atoms with Gasteiger partial charge < -0.3 is 28.5 Å². The first-order valence-corrected chi connectivity index (χ1v) is 12.9. The van der Waals surface area contributed by atoms with E-state index in [1.165, 1.54) is 18.2 Å². The molecule has 1 aliphatic heterocycles. The highest BCUT2D eigenvalue weighted by atomic mass is 19.4. The minimum atomic E-state index is -4.80. The van der Waals surface area contributed by atoms with E-state index >= 15 is 0 Å². The Morgan fingerprint density at radius 3 is 2.50 bits per heavy atom. The van der Waals surface area contributed by atoms with Crippen LogP contribution in [-0.4, -0.2) is 54.0 Å². The molecule has 2 aromatic carbocycles. The van der Waals surface area contributed by atoms with Gasteiger partial charge in [0.2, 0.25) is 5.72 Å². The third kappa shape index (κ3) is 7.35. The highest BCUT2D eigenvalue weighted by molar-refractivity contribution is 5.97. The lowest BCUT2D eigenvalue weighted by atomic mass is 10.0. The van der Waals surface area contributed by atoms with Crippen molar-refractivity contribution in [2.75, 3.05) is 27.4 Å². The zero-order valence-electron chi connectivity index (χ0n) is 23.5. The maximum Gasteiger partial charge on any atom is 0.573 e. The van der Waals surface area contributed by atoms with Crippen molar-refractivity contribution in [2.45, 2.75) is 46.2 Å². The van der Waals surface area contributed by atoms with Gasteiger partial charge in [-0.1, -0.05) is 43.3 Å². The minimum absolute atomic E-state index is 0.332. The molecule has 3 aromatic rings. The van der Waals surface area contributed by atoms with Crippen LogP contribution in [0.4, 0.5) is 13.2 Å². The summed E-state index contributed by atoms with van der Waals surface area (Å²) in [5.41, 5.74) is 1.91. The highest BCUT2D eigenvalue weighted by Crippen LogP contribution is 2.38. The summed E-state index contributed by atoms with van der Waals surface area (Å²) >= 11 is 0. The van der Waals surface area contributed by atoms with E-state index in [0.29, 0.717) is 36.7 Å². The van der Waals surface area contributed by atoms with Gasteiger partial charge in [-0.3, -0.25) is 0 Å². The van der Waals surface area contributed by atoms with Crippen LogP contribution in [0.3, 0.4) is 0 Å². The zero-order valence-corrected chi connectivity index (χ0v) is 23.5. The second kappa shape index (κ2) is 13.4. The van der Waals surface area contributed by atoms with E-state index in [9.17, 15) is 13.2 Å². The number of aryl methyl sites for hydroxylation is 1. The number of imidazole rings is 1. The fourth-order valence-corrected chi connectivity index (χ4v) is 4.19. The molecular formula is C29H35F3N4O4. The molecule has 40 heavy (non-hydrogen) atoms. The Hall–Kier alpha value is -3.99. The lowest BCUT2D eigenvalue weighted by Crippen LogP contribution is -2.44. The first kappa shape index (κ1) is 30.6. The van der Waals surface area contributed by atoms with E-state index in [2.05, 4.69) is 14.9 Å². The molecule has 0 N–H and O–H groups in total. The number of benzene rings is 2. The molecule has 0 fully saturated rings. The topological polar surface area (TPSA) is 70.3 Å². The number of oxime groups is 1. The first-order valence-electron chi connectivity index (χ1n) is 12.9. The van der Waals surface area contributed by atoms with Crippen LogP contribution < -0.4 is 9.47 Å². The molecule has 0 radical (unpaired) electrons. The van der Waals surface area contributed by atoms with Crippen molar-refractivity contribution in [3.63, 3.8) is 0 Å². The first-order chi connectivity index (χ1) is 19.1. The van der Waals surface area contributed by atoms with E-state index in [4.69, 9.17) is 14.3 Å². The number of aromatic nitrogens is 2. The molecule has 4 rings (SSSR count). The molecule has 0 aliphatic carbocycles. The van der Waals surface area contributed by atoms with Crippen molar-refractivity contribution in [3.8, 4) is 17.2 Å².